The van der Waals surface area contributed by atoms with E-state index in [-0.39, 0.29) is 11.8 Å². The number of amides is 1. The van der Waals surface area contributed by atoms with Crippen LogP contribution in [0.5, 0.6) is 0 Å². The second kappa shape index (κ2) is 5.05. The first kappa shape index (κ1) is 12.2. The van der Waals surface area contributed by atoms with Crippen LogP contribution in [-0.4, -0.2) is 23.6 Å². The SMILES string of the molecule is Cn1ccc2cc(NC(=O)C3CCCNC3)ccc21. The normalized spacial score (nSPS) is 19.5. The van der Waals surface area contributed by atoms with Crippen molar-refractivity contribution in [2.75, 3.05) is 18.4 Å². The van der Waals surface area contributed by atoms with Gasteiger partial charge in [0.2, 0.25) is 5.91 Å². The smallest absolute Gasteiger partial charge is 0.228 e. The van der Waals surface area contributed by atoms with Gasteiger partial charge in [-0.15, -0.1) is 0 Å². The van der Waals surface area contributed by atoms with Crippen molar-refractivity contribution in [3.63, 3.8) is 0 Å². The average Bonchev–Trinajstić information content (AvgIpc) is 2.81. The summed E-state index contributed by atoms with van der Waals surface area (Å²) in [4.78, 5) is 12.2. The van der Waals surface area contributed by atoms with Gasteiger partial charge >= 0.3 is 0 Å². The number of anilines is 1. The van der Waals surface area contributed by atoms with E-state index in [4.69, 9.17) is 0 Å². The molecule has 1 amide bonds. The largest absolute Gasteiger partial charge is 0.351 e. The molecule has 1 unspecified atom stereocenters. The third-order valence-corrected chi connectivity index (χ3v) is 3.82. The zero-order valence-electron chi connectivity index (χ0n) is 11.1. The molecular weight excluding hydrogens is 238 g/mol. The monoisotopic (exact) mass is 257 g/mol. The van der Waals surface area contributed by atoms with Crippen molar-refractivity contribution in [3.05, 3.63) is 30.5 Å². The summed E-state index contributed by atoms with van der Waals surface area (Å²) in [6.07, 6.45) is 4.09. The molecule has 0 aliphatic carbocycles. The number of carbonyl (C=O) groups excluding carboxylic acids is 1. The fraction of sp³-hybridized carbons (Fsp3) is 0.400. The minimum atomic E-state index is 0.0974. The van der Waals surface area contributed by atoms with Crippen molar-refractivity contribution in [3.8, 4) is 0 Å². The Labute approximate surface area is 112 Å². The van der Waals surface area contributed by atoms with Gasteiger partial charge in [0.1, 0.15) is 0 Å². The first-order valence-corrected chi connectivity index (χ1v) is 6.81. The van der Waals surface area contributed by atoms with Crippen LogP contribution < -0.4 is 10.6 Å². The zero-order chi connectivity index (χ0) is 13.2. The predicted octanol–water partition coefficient (Wildman–Crippen LogP) is 2.12. The Morgan fingerprint density at radius 2 is 2.32 bits per heavy atom. The van der Waals surface area contributed by atoms with Crippen molar-refractivity contribution in [2.45, 2.75) is 12.8 Å². The van der Waals surface area contributed by atoms with E-state index in [1.165, 1.54) is 5.52 Å². The van der Waals surface area contributed by atoms with E-state index in [1.54, 1.807) is 0 Å². The van der Waals surface area contributed by atoms with Gasteiger partial charge in [-0.05, 0) is 43.7 Å². The fourth-order valence-electron chi connectivity index (χ4n) is 2.68. The number of rotatable bonds is 2. The second-order valence-corrected chi connectivity index (χ2v) is 5.23. The maximum atomic E-state index is 12.2. The number of aromatic nitrogens is 1. The third-order valence-electron chi connectivity index (χ3n) is 3.82. The lowest BCUT2D eigenvalue weighted by Gasteiger charge is -2.21. The topological polar surface area (TPSA) is 46.1 Å². The molecule has 2 aromatic rings. The number of carbonyl (C=O) groups is 1. The molecule has 100 valence electrons. The van der Waals surface area contributed by atoms with E-state index in [2.05, 4.69) is 21.3 Å². The van der Waals surface area contributed by atoms with Crippen LogP contribution in [0.15, 0.2) is 30.5 Å². The number of nitrogens with one attached hydrogen (secondary N) is 2. The molecule has 19 heavy (non-hydrogen) atoms. The molecule has 1 aromatic heterocycles. The molecule has 0 radical (unpaired) electrons. The highest BCUT2D eigenvalue weighted by molar-refractivity contribution is 5.95. The van der Waals surface area contributed by atoms with Crippen LogP contribution in [0.4, 0.5) is 5.69 Å². The Morgan fingerprint density at radius 1 is 1.42 bits per heavy atom. The number of hydrogen-bond donors (Lipinski definition) is 2. The van der Waals surface area contributed by atoms with E-state index in [1.807, 2.05) is 31.4 Å². The Morgan fingerprint density at radius 3 is 3.11 bits per heavy atom. The van der Waals surface area contributed by atoms with Crippen molar-refractivity contribution >= 4 is 22.5 Å². The van der Waals surface area contributed by atoms with Gasteiger partial charge in [-0.3, -0.25) is 4.79 Å². The molecule has 1 aromatic carbocycles. The molecule has 1 saturated heterocycles. The van der Waals surface area contributed by atoms with Crippen molar-refractivity contribution in [1.82, 2.24) is 9.88 Å². The van der Waals surface area contributed by atoms with E-state index >= 15 is 0 Å². The van der Waals surface area contributed by atoms with Crippen LogP contribution in [0.1, 0.15) is 12.8 Å². The van der Waals surface area contributed by atoms with Gasteiger partial charge in [-0.1, -0.05) is 0 Å². The molecule has 1 aliphatic rings. The minimum absolute atomic E-state index is 0.0974. The quantitative estimate of drug-likeness (QED) is 0.865. The average molecular weight is 257 g/mol. The molecule has 4 nitrogen and oxygen atoms in total. The van der Waals surface area contributed by atoms with Gasteiger partial charge < -0.3 is 15.2 Å². The molecule has 0 bridgehead atoms. The molecule has 1 fully saturated rings. The van der Waals surface area contributed by atoms with Crippen molar-refractivity contribution in [2.24, 2.45) is 13.0 Å². The number of benzene rings is 1. The molecule has 2 heterocycles. The lowest BCUT2D eigenvalue weighted by molar-refractivity contribution is -0.120. The first-order valence-electron chi connectivity index (χ1n) is 6.81. The summed E-state index contributed by atoms with van der Waals surface area (Å²) < 4.78 is 2.08. The summed E-state index contributed by atoms with van der Waals surface area (Å²) in [6, 6.07) is 8.11. The highest BCUT2D eigenvalue weighted by Crippen LogP contribution is 2.21. The van der Waals surface area contributed by atoms with Gasteiger partial charge in [0.25, 0.3) is 0 Å². The maximum absolute atomic E-state index is 12.2. The van der Waals surface area contributed by atoms with Gasteiger partial charge in [0.05, 0.1) is 5.92 Å². The first-order chi connectivity index (χ1) is 9.24. The standard InChI is InChI=1S/C15H19N3O/c1-18-8-6-11-9-13(4-5-14(11)18)17-15(19)12-3-2-7-16-10-12/h4-6,8-9,12,16H,2-3,7,10H2,1H3,(H,17,19). The molecule has 1 atom stereocenters. The summed E-state index contributed by atoms with van der Waals surface area (Å²) in [5.41, 5.74) is 2.06. The zero-order valence-corrected chi connectivity index (χ0v) is 11.1. The Bertz CT molecular complexity index is 596. The van der Waals surface area contributed by atoms with Crippen LogP contribution in [0.25, 0.3) is 10.9 Å². The summed E-state index contributed by atoms with van der Waals surface area (Å²) >= 11 is 0. The molecule has 0 spiro atoms. The fourth-order valence-corrected chi connectivity index (χ4v) is 2.68. The highest BCUT2D eigenvalue weighted by atomic mass is 16.1. The maximum Gasteiger partial charge on any atom is 0.228 e. The number of fused-ring (bicyclic) bond motifs is 1. The van der Waals surface area contributed by atoms with Gasteiger partial charge in [-0.25, -0.2) is 0 Å². The van der Waals surface area contributed by atoms with Crippen LogP contribution >= 0.6 is 0 Å². The molecule has 4 heteroatoms. The van der Waals surface area contributed by atoms with E-state index in [0.717, 1.165) is 37.0 Å². The minimum Gasteiger partial charge on any atom is -0.351 e. The summed E-state index contributed by atoms with van der Waals surface area (Å²) in [7, 11) is 2.02. The van der Waals surface area contributed by atoms with E-state index in [9.17, 15) is 4.79 Å². The van der Waals surface area contributed by atoms with Crippen LogP contribution in [-0.2, 0) is 11.8 Å². The molecular formula is C15H19N3O. The van der Waals surface area contributed by atoms with E-state index in [0.29, 0.717) is 0 Å². The number of piperidine rings is 1. The summed E-state index contributed by atoms with van der Waals surface area (Å²) in [5, 5.41) is 7.45. The highest BCUT2D eigenvalue weighted by Gasteiger charge is 2.20. The van der Waals surface area contributed by atoms with Crippen LogP contribution in [0.2, 0.25) is 0 Å². The Kier molecular flexibility index (Phi) is 3.25. The second-order valence-electron chi connectivity index (χ2n) is 5.23. The predicted molar refractivity (Wildman–Crippen MR) is 77.1 cm³/mol. The third kappa shape index (κ3) is 2.49. The van der Waals surface area contributed by atoms with Crippen LogP contribution in [0, 0.1) is 5.92 Å². The molecule has 1 aliphatic heterocycles. The number of nitrogens with zero attached hydrogens (tertiary/aromatic N) is 1. The van der Waals surface area contributed by atoms with Gasteiger partial charge in [-0.2, -0.15) is 0 Å². The number of aryl methyl sites for hydroxylation is 1. The van der Waals surface area contributed by atoms with Crippen LogP contribution in [0.3, 0.4) is 0 Å². The van der Waals surface area contributed by atoms with E-state index < -0.39 is 0 Å². The molecule has 3 rings (SSSR count). The van der Waals surface area contributed by atoms with Crippen molar-refractivity contribution < 1.29 is 4.79 Å². The molecule has 2 N–H and O–H groups in total. The lowest BCUT2D eigenvalue weighted by Crippen LogP contribution is -2.37. The number of hydrogen-bond acceptors (Lipinski definition) is 2. The summed E-state index contributed by atoms with van der Waals surface area (Å²) in [6.45, 7) is 1.82. The summed E-state index contributed by atoms with van der Waals surface area (Å²) in [5.74, 6) is 0.225. The Hall–Kier alpha value is -1.81. The Balaban J connectivity index is 1.75. The van der Waals surface area contributed by atoms with Gasteiger partial charge in [0.15, 0.2) is 0 Å². The lowest BCUT2D eigenvalue weighted by atomic mass is 9.99. The van der Waals surface area contributed by atoms with Gasteiger partial charge in [0, 0.05) is 36.4 Å². The molecule has 0 saturated carbocycles. The van der Waals surface area contributed by atoms with Crippen molar-refractivity contribution in [1.29, 1.82) is 0 Å².